The number of H-pyrrole nitrogens is 1. The molecule has 1 aliphatic heterocycles. The molecule has 0 radical (unpaired) electrons. The van der Waals surface area contributed by atoms with Crippen LogP contribution in [0.4, 0.5) is 0 Å². The highest BCUT2D eigenvalue weighted by Crippen LogP contribution is 2.30. The second-order valence-corrected chi connectivity index (χ2v) is 6.41. The normalized spacial score (nSPS) is 16.9. The molecule has 0 bridgehead atoms. The molecule has 0 aromatic carbocycles. The van der Waals surface area contributed by atoms with Crippen LogP contribution in [0.2, 0.25) is 0 Å². The monoisotopic (exact) mass is 247 g/mol. The number of thioether (sulfide) groups is 1. The molecule has 7 heteroatoms. The molecule has 84 valence electrons. The zero-order chi connectivity index (χ0) is 11.1. The SMILES string of the molecule is CCS(=O)(=O)N1Cc2[nH]nc(SC)c2C1. The molecule has 0 saturated carbocycles. The summed E-state index contributed by atoms with van der Waals surface area (Å²) < 4.78 is 24.8. The first-order chi connectivity index (χ1) is 7.08. The molecule has 1 aromatic heterocycles. The van der Waals surface area contributed by atoms with Gasteiger partial charge in [-0.1, -0.05) is 0 Å². The summed E-state index contributed by atoms with van der Waals surface area (Å²) >= 11 is 1.54. The van der Waals surface area contributed by atoms with Gasteiger partial charge in [0, 0.05) is 12.1 Å². The fourth-order valence-electron chi connectivity index (χ4n) is 1.63. The molecule has 15 heavy (non-hydrogen) atoms. The molecule has 0 unspecified atom stereocenters. The molecule has 1 aromatic rings. The van der Waals surface area contributed by atoms with Gasteiger partial charge in [-0.25, -0.2) is 8.42 Å². The number of aromatic nitrogens is 2. The van der Waals surface area contributed by atoms with Crippen molar-refractivity contribution < 1.29 is 8.42 Å². The molecular weight excluding hydrogens is 234 g/mol. The van der Waals surface area contributed by atoms with Crippen LogP contribution in [0.3, 0.4) is 0 Å². The van der Waals surface area contributed by atoms with Crippen LogP contribution in [0.15, 0.2) is 5.03 Å². The molecule has 1 N–H and O–H groups in total. The van der Waals surface area contributed by atoms with Crippen LogP contribution in [-0.2, 0) is 23.1 Å². The summed E-state index contributed by atoms with van der Waals surface area (Å²) in [4.78, 5) is 0. The summed E-state index contributed by atoms with van der Waals surface area (Å²) in [5, 5.41) is 7.90. The Hall–Kier alpha value is -0.530. The van der Waals surface area contributed by atoms with E-state index in [2.05, 4.69) is 10.2 Å². The van der Waals surface area contributed by atoms with Crippen molar-refractivity contribution in [1.82, 2.24) is 14.5 Å². The Balaban J connectivity index is 2.27. The van der Waals surface area contributed by atoms with Gasteiger partial charge >= 0.3 is 0 Å². The Labute approximate surface area is 93.3 Å². The molecule has 2 heterocycles. The smallest absolute Gasteiger partial charge is 0.214 e. The van der Waals surface area contributed by atoms with Gasteiger partial charge in [0.2, 0.25) is 10.0 Å². The highest BCUT2D eigenvalue weighted by molar-refractivity contribution is 7.98. The van der Waals surface area contributed by atoms with Gasteiger partial charge in [0.25, 0.3) is 0 Å². The van der Waals surface area contributed by atoms with Gasteiger partial charge in [-0.3, -0.25) is 5.10 Å². The van der Waals surface area contributed by atoms with Crippen molar-refractivity contribution in [2.75, 3.05) is 12.0 Å². The molecule has 1 aliphatic rings. The maximum atomic E-state index is 11.7. The van der Waals surface area contributed by atoms with Gasteiger partial charge in [0.1, 0.15) is 5.03 Å². The zero-order valence-corrected chi connectivity index (χ0v) is 10.3. The number of nitrogens with zero attached hydrogens (tertiary/aromatic N) is 2. The third-order valence-corrected chi connectivity index (χ3v) is 5.03. The van der Waals surface area contributed by atoms with E-state index in [4.69, 9.17) is 0 Å². The van der Waals surface area contributed by atoms with Crippen molar-refractivity contribution in [3.05, 3.63) is 11.3 Å². The number of rotatable bonds is 3. The third kappa shape index (κ3) is 1.79. The Bertz CT molecular complexity index is 466. The van der Waals surface area contributed by atoms with E-state index < -0.39 is 10.0 Å². The summed E-state index contributed by atoms with van der Waals surface area (Å²) in [5.41, 5.74) is 1.95. The Kier molecular flexibility index (Phi) is 2.78. The van der Waals surface area contributed by atoms with Gasteiger partial charge in [-0.05, 0) is 13.2 Å². The quantitative estimate of drug-likeness (QED) is 0.802. The van der Waals surface area contributed by atoms with E-state index in [1.165, 1.54) is 16.1 Å². The van der Waals surface area contributed by atoms with Crippen LogP contribution in [0, 0.1) is 0 Å². The molecule has 0 spiro atoms. The van der Waals surface area contributed by atoms with Crippen molar-refractivity contribution in [2.45, 2.75) is 25.0 Å². The van der Waals surface area contributed by atoms with Crippen LogP contribution < -0.4 is 0 Å². The summed E-state index contributed by atoms with van der Waals surface area (Å²) in [6, 6.07) is 0. The van der Waals surface area contributed by atoms with Crippen LogP contribution >= 0.6 is 11.8 Å². The van der Waals surface area contributed by atoms with Gasteiger partial charge in [-0.15, -0.1) is 11.8 Å². The summed E-state index contributed by atoms with van der Waals surface area (Å²) in [6.45, 7) is 2.55. The van der Waals surface area contributed by atoms with Gasteiger partial charge in [0.05, 0.1) is 18.0 Å². The molecule has 0 amide bonds. The fourth-order valence-corrected chi connectivity index (χ4v) is 3.22. The molecule has 0 atom stereocenters. The largest absolute Gasteiger partial charge is 0.280 e. The van der Waals surface area contributed by atoms with Crippen molar-refractivity contribution in [3.8, 4) is 0 Å². The highest BCUT2D eigenvalue weighted by atomic mass is 32.2. The molecular formula is C8H13N3O2S2. The first-order valence-electron chi connectivity index (χ1n) is 4.66. The van der Waals surface area contributed by atoms with E-state index in [1.807, 2.05) is 6.26 Å². The molecule has 0 saturated heterocycles. The van der Waals surface area contributed by atoms with E-state index in [1.54, 1.807) is 6.92 Å². The number of aromatic amines is 1. The number of nitrogens with one attached hydrogen (secondary N) is 1. The third-order valence-electron chi connectivity index (χ3n) is 2.54. The standard InChI is InChI=1S/C8H13N3O2S2/c1-3-15(12,13)11-4-6-7(5-11)9-10-8(6)14-2/h3-5H2,1-2H3,(H,9,10). The lowest BCUT2D eigenvalue weighted by molar-refractivity contribution is 0.425. The number of hydrogen-bond donors (Lipinski definition) is 1. The number of fused-ring (bicyclic) bond motifs is 1. The van der Waals surface area contributed by atoms with E-state index in [9.17, 15) is 8.42 Å². The van der Waals surface area contributed by atoms with E-state index in [0.29, 0.717) is 13.1 Å². The van der Waals surface area contributed by atoms with Crippen molar-refractivity contribution in [2.24, 2.45) is 0 Å². The Morgan fingerprint density at radius 3 is 2.87 bits per heavy atom. The Morgan fingerprint density at radius 1 is 1.53 bits per heavy atom. The van der Waals surface area contributed by atoms with Gasteiger partial charge in [-0.2, -0.15) is 9.40 Å². The topological polar surface area (TPSA) is 66.1 Å². The molecule has 0 aliphatic carbocycles. The van der Waals surface area contributed by atoms with Gasteiger partial charge in [0.15, 0.2) is 0 Å². The lowest BCUT2D eigenvalue weighted by Gasteiger charge is -2.13. The van der Waals surface area contributed by atoms with E-state index in [-0.39, 0.29) is 5.75 Å². The van der Waals surface area contributed by atoms with E-state index in [0.717, 1.165) is 16.3 Å². The summed E-state index contributed by atoms with van der Waals surface area (Å²) in [7, 11) is -3.08. The minimum Gasteiger partial charge on any atom is -0.280 e. The second-order valence-electron chi connectivity index (χ2n) is 3.36. The minimum absolute atomic E-state index is 0.152. The maximum Gasteiger partial charge on any atom is 0.214 e. The summed E-state index contributed by atoms with van der Waals surface area (Å²) in [6.07, 6.45) is 1.94. The Morgan fingerprint density at radius 2 is 2.27 bits per heavy atom. The summed E-state index contributed by atoms with van der Waals surface area (Å²) in [5.74, 6) is 0.152. The van der Waals surface area contributed by atoms with Crippen LogP contribution in [0.5, 0.6) is 0 Å². The predicted molar refractivity (Wildman–Crippen MR) is 59.1 cm³/mol. The first-order valence-corrected chi connectivity index (χ1v) is 7.49. The second kappa shape index (κ2) is 3.80. The maximum absolute atomic E-state index is 11.7. The highest BCUT2D eigenvalue weighted by Gasteiger charge is 2.31. The predicted octanol–water partition coefficient (Wildman–Crippen LogP) is 0.797. The average Bonchev–Trinajstić information content (AvgIpc) is 2.76. The van der Waals surface area contributed by atoms with Crippen LogP contribution in [0.1, 0.15) is 18.2 Å². The van der Waals surface area contributed by atoms with Crippen molar-refractivity contribution in [1.29, 1.82) is 0 Å². The lowest BCUT2D eigenvalue weighted by atomic mass is 10.3. The first kappa shape index (κ1) is 11.0. The average molecular weight is 247 g/mol. The molecule has 0 fully saturated rings. The minimum atomic E-state index is -3.08. The van der Waals surface area contributed by atoms with Crippen LogP contribution in [0.25, 0.3) is 0 Å². The van der Waals surface area contributed by atoms with Gasteiger partial charge < -0.3 is 0 Å². The lowest BCUT2D eigenvalue weighted by Crippen LogP contribution is -2.27. The van der Waals surface area contributed by atoms with Crippen molar-refractivity contribution in [3.63, 3.8) is 0 Å². The zero-order valence-electron chi connectivity index (χ0n) is 8.65. The number of sulfonamides is 1. The van der Waals surface area contributed by atoms with E-state index >= 15 is 0 Å². The van der Waals surface area contributed by atoms with Crippen LogP contribution in [-0.4, -0.2) is 34.9 Å². The fraction of sp³-hybridized carbons (Fsp3) is 0.625. The number of hydrogen-bond acceptors (Lipinski definition) is 4. The molecule has 5 nitrogen and oxygen atoms in total. The van der Waals surface area contributed by atoms with Crippen molar-refractivity contribution >= 4 is 21.8 Å². The molecule has 2 rings (SSSR count).